The molecule has 0 fully saturated rings. The van der Waals surface area contributed by atoms with Gasteiger partial charge in [-0.15, -0.1) is 11.3 Å². The van der Waals surface area contributed by atoms with Gasteiger partial charge in [-0.2, -0.15) is 0 Å². The minimum atomic E-state index is 0.552. The highest BCUT2D eigenvalue weighted by Gasteiger charge is 2.02. The lowest BCUT2D eigenvalue weighted by molar-refractivity contribution is 0.483. The first kappa shape index (κ1) is 12.2. The monoisotopic (exact) mass is 268 g/mol. The number of thiophene rings is 1. The molecule has 3 rings (SSSR count). The lowest BCUT2D eigenvalue weighted by Gasteiger charge is -2.08. The summed E-state index contributed by atoms with van der Waals surface area (Å²) in [6.45, 7) is 4.39. The fraction of sp³-hybridized carbons (Fsp3) is 0.176. The summed E-state index contributed by atoms with van der Waals surface area (Å²) in [6, 6.07) is 16.7. The van der Waals surface area contributed by atoms with Crippen molar-refractivity contribution in [2.24, 2.45) is 0 Å². The van der Waals surface area contributed by atoms with E-state index in [9.17, 15) is 0 Å². The smallest absolute Gasteiger partial charge is 0.128 e. The second-order valence-electron chi connectivity index (χ2n) is 4.95. The number of fused-ring (bicyclic) bond motifs is 1. The highest BCUT2D eigenvalue weighted by atomic mass is 32.1. The SMILES string of the molecule is CC(C)c1ccc(Oc2ccc3sccc3c2)cc1. The van der Waals surface area contributed by atoms with Crippen LogP contribution in [0.5, 0.6) is 11.5 Å². The third-order valence-corrected chi connectivity index (χ3v) is 4.10. The van der Waals surface area contributed by atoms with Crippen LogP contribution in [-0.2, 0) is 0 Å². The quantitative estimate of drug-likeness (QED) is 0.581. The van der Waals surface area contributed by atoms with Crippen molar-refractivity contribution in [2.45, 2.75) is 19.8 Å². The Kier molecular flexibility index (Phi) is 3.26. The van der Waals surface area contributed by atoms with E-state index in [2.05, 4.69) is 49.6 Å². The molecule has 0 aliphatic heterocycles. The minimum Gasteiger partial charge on any atom is -0.457 e. The zero-order valence-corrected chi connectivity index (χ0v) is 11.9. The zero-order chi connectivity index (χ0) is 13.2. The number of benzene rings is 2. The normalized spacial score (nSPS) is 11.1. The van der Waals surface area contributed by atoms with Crippen molar-refractivity contribution in [3.8, 4) is 11.5 Å². The van der Waals surface area contributed by atoms with Crippen molar-refractivity contribution in [3.63, 3.8) is 0 Å². The molecule has 0 aliphatic rings. The van der Waals surface area contributed by atoms with Crippen LogP contribution in [0.3, 0.4) is 0 Å². The molecule has 96 valence electrons. The molecule has 0 bridgehead atoms. The second kappa shape index (κ2) is 5.06. The van der Waals surface area contributed by atoms with Crippen LogP contribution < -0.4 is 4.74 Å². The summed E-state index contributed by atoms with van der Waals surface area (Å²) in [5.41, 5.74) is 1.33. The molecule has 0 atom stereocenters. The van der Waals surface area contributed by atoms with Crippen molar-refractivity contribution in [3.05, 3.63) is 59.5 Å². The Bertz CT molecular complexity index is 680. The van der Waals surface area contributed by atoms with Gasteiger partial charge >= 0.3 is 0 Å². The molecule has 0 saturated heterocycles. The first-order valence-electron chi connectivity index (χ1n) is 6.47. The number of hydrogen-bond acceptors (Lipinski definition) is 2. The van der Waals surface area contributed by atoms with E-state index in [1.54, 1.807) is 11.3 Å². The van der Waals surface area contributed by atoms with E-state index in [1.807, 2.05) is 18.2 Å². The topological polar surface area (TPSA) is 9.23 Å². The van der Waals surface area contributed by atoms with E-state index >= 15 is 0 Å². The second-order valence-corrected chi connectivity index (χ2v) is 5.89. The molecule has 0 spiro atoms. The Morgan fingerprint density at radius 3 is 2.37 bits per heavy atom. The summed E-state index contributed by atoms with van der Waals surface area (Å²) in [7, 11) is 0. The van der Waals surface area contributed by atoms with E-state index in [4.69, 9.17) is 4.74 Å². The van der Waals surface area contributed by atoms with Gasteiger partial charge in [-0.3, -0.25) is 0 Å². The lowest BCUT2D eigenvalue weighted by Crippen LogP contribution is -1.88. The zero-order valence-electron chi connectivity index (χ0n) is 11.1. The molecule has 0 aliphatic carbocycles. The van der Waals surface area contributed by atoms with E-state index in [-0.39, 0.29) is 0 Å². The molecule has 3 aromatic rings. The minimum absolute atomic E-state index is 0.552. The van der Waals surface area contributed by atoms with Gasteiger partial charge in [0, 0.05) is 4.70 Å². The Labute approximate surface area is 117 Å². The van der Waals surface area contributed by atoms with Gasteiger partial charge in [0.2, 0.25) is 0 Å². The standard InChI is InChI=1S/C17H16OS/c1-12(2)13-3-5-15(6-4-13)18-16-7-8-17-14(11-16)9-10-19-17/h3-12H,1-2H3. The van der Waals surface area contributed by atoms with E-state index in [0.717, 1.165) is 11.5 Å². The third kappa shape index (κ3) is 2.64. The first-order valence-corrected chi connectivity index (χ1v) is 7.35. The molecule has 0 unspecified atom stereocenters. The molecule has 0 amide bonds. The van der Waals surface area contributed by atoms with E-state index in [0.29, 0.717) is 5.92 Å². The number of ether oxygens (including phenoxy) is 1. The molecule has 19 heavy (non-hydrogen) atoms. The molecular formula is C17H16OS. The molecule has 1 nitrogen and oxygen atoms in total. The van der Waals surface area contributed by atoms with Crippen LogP contribution in [0.15, 0.2) is 53.9 Å². The lowest BCUT2D eigenvalue weighted by atomic mass is 10.0. The van der Waals surface area contributed by atoms with Gasteiger partial charge in [0.1, 0.15) is 11.5 Å². The summed E-state index contributed by atoms with van der Waals surface area (Å²) in [5, 5.41) is 3.34. The molecule has 0 radical (unpaired) electrons. The predicted molar refractivity (Wildman–Crippen MR) is 82.4 cm³/mol. The van der Waals surface area contributed by atoms with Gasteiger partial charge in [-0.05, 0) is 58.6 Å². The number of rotatable bonds is 3. The van der Waals surface area contributed by atoms with Crippen molar-refractivity contribution in [1.29, 1.82) is 0 Å². The van der Waals surface area contributed by atoms with Crippen molar-refractivity contribution >= 4 is 21.4 Å². The molecule has 2 heteroatoms. The molecule has 1 heterocycles. The fourth-order valence-electron chi connectivity index (χ4n) is 2.07. The van der Waals surface area contributed by atoms with Crippen LogP contribution in [0.25, 0.3) is 10.1 Å². The van der Waals surface area contributed by atoms with Gasteiger partial charge in [0.05, 0.1) is 0 Å². The average molecular weight is 268 g/mol. The van der Waals surface area contributed by atoms with Crippen molar-refractivity contribution < 1.29 is 4.74 Å². The van der Waals surface area contributed by atoms with Gasteiger partial charge in [-0.25, -0.2) is 0 Å². The van der Waals surface area contributed by atoms with Gasteiger partial charge in [0.25, 0.3) is 0 Å². The Morgan fingerprint density at radius 1 is 0.895 bits per heavy atom. The predicted octanol–water partition coefficient (Wildman–Crippen LogP) is 5.82. The van der Waals surface area contributed by atoms with E-state index in [1.165, 1.54) is 15.6 Å². The maximum Gasteiger partial charge on any atom is 0.128 e. The molecule has 2 aromatic carbocycles. The van der Waals surface area contributed by atoms with Crippen LogP contribution in [0.4, 0.5) is 0 Å². The van der Waals surface area contributed by atoms with E-state index < -0.39 is 0 Å². The van der Waals surface area contributed by atoms with Crippen molar-refractivity contribution in [1.82, 2.24) is 0 Å². The number of hydrogen-bond donors (Lipinski definition) is 0. The summed E-state index contributed by atoms with van der Waals surface area (Å²) in [5.74, 6) is 2.33. The summed E-state index contributed by atoms with van der Waals surface area (Å²) in [4.78, 5) is 0. The molecule has 0 saturated carbocycles. The average Bonchev–Trinajstić information content (AvgIpc) is 2.87. The summed E-state index contributed by atoms with van der Waals surface area (Å²) < 4.78 is 7.19. The van der Waals surface area contributed by atoms with Gasteiger partial charge in [-0.1, -0.05) is 26.0 Å². The van der Waals surface area contributed by atoms with Crippen LogP contribution in [0.1, 0.15) is 25.3 Å². The fourth-order valence-corrected chi connectivity index (χ4v) is 2.84. The van der Waals surface area contributed by atoms with Crippen LogP contribution in [0, 0.1) is 0 Å². The highest BCUT2D eigenvalue weighted by molar-refractivity contribution is 7.17. The Morgan fingerprint density at radius 2 is 1.63 bits per heavy atom. The molecule has 0 N–H and O–H groups in total. The van der Waals surface area contributed by atoms with Crippen molar-refractivity contribution in [2.75, 3.05) is 0 Å². The van der Waals surface area contributed by atoms with Gasteiger partial charge in [0.15, 0.2) is 0 Å². The van der Waals surface area contributed by atoms with Crippen LogP contribution >= 0.6 is 11.3 Å². The maximum atomic E-state index is 5.90. The highest BCUT2D eigenvalue weighted by Crippen LogP contribution is 2.29. The third-order valence-electron chi connectivity index (χ3n) is 3.21. The van der Waals surface area contributed by atoms with Crippen LogP contribution in [0.2, 0.25) is 0 Å². The first-order chi connectivity index (χ1) is 9.22. The Hall–Kier alpha value is -1.80. The Balaban J connectivity index is 1.83. The molecule has 1 aromatic heterocycles. The maximum absolute atomic E-state index is 5.90. The summed E-state index contributed by atoms with van der Waals surface area (Å²) >= 11 is 1.75. The summed E-state index contributed by atoms with van der Waals surface area (Å²) in [6.07, 6.45) is 0. The van der Waals surface area contributed by atoms with Crippen LogP contribution in [-0.4, -0.2) is 0 Å². The largest absolute Gasteiger partial charge is 0.457 e. The van der Waals surface area contributed by atoms with Gasteiger partial charge < -0.3 is 4.74 Å². The molecular weight excluding hydrogens is 252 g/mol.